The van der Waals surface area contributed by atoms with Gasteiger partial charge in [0.2, 0.25) is 0 Å². The van der Waals surface area contributed by atoms with Gasteiger partial charge in [0.05, 0.1) is 0 Å². The second kappa shape index (κ2) is 1.47. The lowest BCUT2D eigenvalue weighted by Gasteiger charge is -1.72. The fraction of sp³-hybridized carbons (Fsp3) is 0.500. The van der Waals surface area contributed by atoms with E-state index in [9.17, 15) is 4.79 Å². The highest BCUT2D eigenvalue weighted by Crippen LogP contribution is 1.68. The maximum absolute atomic E-state index is 10.3. The molecule has 4 nitrogen and oxygen atoms in total. The van der Waals surface area contributed by atoms with Crippen LogP contribution in [-0.2, 0) is 7.05 Å². The van der Waals surface area contributed by atoms with Gasteiger partial charge in [-0.1, -0.05) is 4.74 Å². The van der Waals surface area contributed by atoms with E-state index >= 15 is 0 Å². The highest BCUT2D eigenvalue weighted by atomic mass is 16.5. The molecule has 0 unspecified atom stereocenters. The topological polar surface area (TPSA) is 49.9 Å². The van der Waals surface area contributed by atoms with Crippen LogP contribution in [0.5, 0.6) is 0 Å². The van der Waals surface area contributed by atoms with Crippen LogP contribution in [0.2, 0.25) is 0 Å². The van der Waals surface area contributed by atoms with E-state index in [0.717, 1.165) is 5.82 Å². The van der Waals surface area contributed by atoms with Crippen LogP contribution in [0.3, 0.4) is 0 Å². The van der Waals surface area contributed by atoms with E-state index in [2.05, 4.69) is 9.51 Å². The van der Waals surface area contributed by atoms with Gasteiger partial charge in [-0.05, 0) is 0 Å². The molecule has 0 aromatic carbocycles. The number of hydrogen-bond acceptors (Lipinski definition) is 2. The largest absolute Gasteiger partial charge is 0.547 e. The van der Waals surface area contributed by atoms with Gasteiger partial charge in [-0.3, -0.25) is 0 Å². The van der Waals surface area contributed by atoms with Crippen molar-refractivity contribution in [2.45, 2.75) is 6.92 Å². The van der Waals surface area contributed by atoms with Gasteiger partial charge in [0.15, 0.2) is 0 Å². The van der Waals surface area contributed by atoms with Crippen molar-refractivity contribution >= 4 is 0 Å². The molecule has 4 heteroatoms. The van der Waals surface area contributed by atoms with Crippen LogP contribution in [0, 0.1) is 6.92 Å². The van der Waals surface area contributed by atoms with Crippen molar-refractivity contribution in [1.29, 1.82) is 0 Å². The molecule has 1 N–H and O–H groups in total. The van der Waals surface area contributed by atoms with Crippen molar-refractivity contribution in [3.63, 3.8) is 0 Å². The van der Waals surface area contributed by atoms with E-state index in [1.165, 1.54) is 4.74 Å². The third-order valence-corrected chi connectivity index (χ3v) is 0.975. The van der Waals surface area contributed by atoms with Gasteiger partial charge >= 0.3 is 5.76 Å². The predicted octanol–water partition coefficient (Wildman–Crippen LogP) is -0.899. The normalized spacial score (nSPS) is 9.75. The molecule has 1 aromatic heterocycles. The Hall–Kier alpha value is -1.06. The fourth-order valence-electron chi connectivity index (χ4n) is 0.442. The van der Waals surface area contributed by atoms with Gasteiger partial charge in [-0.15, -0.1) is 0 Å². The number of aromatic nitrogens is 2. The summed E-state index contributed by atoms with van der Waals surface area (Å²) in [5, 5.41) is 0. The Morgan fingerprint density at radius 2 is 2.38 bits per heavy atom. The summed E-state index contributed by atoms with van der Waals surface area (Å²) in [6.07, 6.45) is 0. The zero-order chi connectivity index (χ0) is 6.15. The van der Waals surface area contributed by atoms with Crippen LogP contribution >= 0.6 is 0 Å². The minimum atomic E-state index is -0.412. The average molecular weight is 115 g/mol. The van der Waals surface area contributed by atoms with E-state index in [0.29, 0.717) is 0 Å². The minimum Gasteiger partial charge on any atom is -0.216 e. The number of hydrogen-bond donors (Lipinski definition) is 1. The predicted molar refractivity (Wildman–Crippen MR) is 25.2 cm³/mol. The molecule has 0 saturated carbocycles. The molecule has 0 spiro atoms. The van der Waals surface area contributed by atoms with Crippen molar-refractivity contribution in [2.75, 3.05) is 0 Å². The van der Waals surface area contributed by atoms with Gasteiger partial charge in [0.25, 0.3) is 5.82 Å². The van der Waals surface area contributed by atoms with Crippen molar-refractivity contribution in [2.24, 2.45) is 7.05 Å². The van der Waals surface area contributed by atoms with Crippen LogP contribution in [0.15, 0.2) is 9.32 Å². The van der Waals surface area contributed by atoms with Crippen LogP contribution in [0.4, 0.5) is 0 Å². The van der Waals surface area contributed by atoms with Crippen LogP contribution in [-0.4, -0.2) is 4.98 Å². The maximum Gasteiger partial charge on any atom is 0.547 e. The summed E-state index contributed by atoms with van der Waals surface area (Å²) in [6.45, 7) is 1.75. The monoisotopic (exact) mass is 115 g/mol. The quantitative estimate of drug-likeness (QED) is 0.445. The first kappa shape index (κ1) is 5.08. The molecular weight excluding hydrogens is 108 g/mol. The first-order valence-electron chi connectivity index (χ1n) is 2.26. The molecule has 0 aliphatic heterocycles. The van der Waals surface area contributed by atoms with Crippen LogP contribution in [0.25, 0.3) is 0 Å². The van der Waals surface area contributed by atoms with E-state index < -0.39 is 5.76 Å². The van der Waals surface area contributed by atoms with E-state index in [4.69, 9.17) is 0 Å². The number of nitrogens with one attached hydrogen (secondary N) is 1. The van der Waals surface area contributed by atoms with Gasteiger partial charge in [0, 0.05) is 6.92 Å². The van der Waals surface area contributed by atoms with Gasteiger partial charge < -0.3 is 0 Å². The summed E-state index contributed by atoms with van der Waals surface area (Å²) in [4.78, 5) is 12.7. The first-order chi connectivity index (χ1) is 3.70. The SMILES string of the molecule is Cc1[nH]c(=O)o[n+]1C. The molecule has 1 heterocycles. The Morgan fingerprint density at radius 3 is 2.50 bits per heavy atom. The summed E-state index contributed by atoms with van der Waals surface area (Å²) in [7, 11) is 1.66. The molecule has 0 aliphatic carbocycles. The zero-order valence-corrected chi connectivity index (χ0v) is 4.76. The number of rotatable bonds is 0. The lowest BCUT2D eigenvalue weighted by molar-refractivity contribution is -0.852. The molecule has 0 amide bonds. The van der Waals surface area contributed by atoms with E-state index in [-0.39, 0.29) is 0 Å². The lowest BCUT2D eigenvalue weighted by atomic mass is 10.7. The average Bonchev–Trinajstić information content (AvgIpc) is 1.85. The molecule has 0 bridgehead atoms. The van der Waals surface area contributed by atoms with E-state index in [1.54, 1.807) is 14.0 Å². The van der Waals surface area contributed by atoms with Crippen molar-refractivity contribution < 1.29 is 9.26 Å². The third-order valence-electron chi connectivity index (χ3n) is 0.975. The molecule has 1 rings (SSSR count). The number of aryl methyl sites for hydroxylation is 2. The standard InChI is InChI=1S/C4H6N2O2/c1-3-5-4(7)8-6(3)2/h1-2H3/p+1. The molecule has 1 aromatic rings. The summed E-state index contributed by atoms with van der Waals surface area (Å²) >= 11 is 0. The van der Waals surface area contributed by atoms with Crippen LogP contribution in [0.1, 0.15) is 5.82 Å². The molecule has 0 fully saturated rings. The highest BCUT2D eigenvalue weighted by Gasteiger charge is 2.03. The molecule has 0 radical (unpaired) electrons. The lowest BCUT2D eigenvalue weighted by Crippen LogP contribution is -2.28. The Kier molecular flexibility index (Phi) is 0.932. The Bertz CT molecular complexity index is 212. The van der Waals surface area contributed by atoms with Gasteiger partial charge in [-0.25, -0.2) is 4.52 Å². The number of H-pyrrole nitrogens is 1. The molecule has 8 heavy (non-hydrogen) atoms. The number of nitrogens with zero attached hydrogens (tertiary/aromatic N) is 1. The summed E-state index contributed by atoms with van der Waals surface area (Å²) < 4.78 is 5.90. The smallest absolute Gasteiger partial charge is 0.216 e. The Morgan fingerprint density at radius 1 is 1.75 bits per heavy atom. The third kappa shape index (κ3) is 0.641. The van der Waals surface area contributed by atoms with Crippen molar-refractivity contribution in [3.8, 4) is 0 Å². The van der Waals surface area contributed by atoms with Gasteiger partial charge in [0.1, 0.15) is 7.05 Å². The summed E-state index contributed by atoms with van der Waals surface area (Å²) in [6, 6.07) is 0. The Balaban J connectivity index is 3.35. The Labute approximate surface area is 45.7 Å². The second-order valence-electron chi connectivity index (χ2n) is 1.59. The van der Waals surface area contributed by atoms with Crippen molar-refractivity contribution in [3.05, 3.63) is 16.4 Å². The molecule has 44 valence electrons. The van der Waals surface area contributed by atoms with Gasteiger partial charge in [-0.2, -0.15) is 9.78 Å². The zero-order valence-electron chi connectivity index (χ0n) is 4.76. The maximum atomic E-state index is 10.3. The minimum absolute atomic E-state index is 0.412. The van der Waals surface area contributed by atoms with Crippen molar-refractivity contribution in [1.82, 2.24) is 4.98 Å². The first-order valence-corrected chi connectivity index (χ1v) is 2.26. The number of aromatic amines is 1. The molecule has 0 atom stereocenters. The molecule has 0 aliphatic rings. The second-order valence-corrected chi connectivity index (χ2v) is 1.59. The summed E-state index contributed by atoms with van der Waals surface area (Å²) in [5.41, 5.74) is 0. The highest BCUT2D eigenvalue weighted by molar-refractivity contribution is 4.59. The summed E-state index contributed by atoms with van der Waals surface area (Å²) in [5.74, 6) is 0.306. The fourth-order valence-corrected chi connectivity index (χ4v) is 0.442. The molecular formula is C4H7N2O2+. The van der Waals surface area contributed by atoms with E-state index in [1.807, 2.05) is 0 Å². The molecule has 0 saturated heterocycles. The van der Waals surface area contributed by atoms with Crippen LogP contribution < -0.4 is 10.5 Å².